The highest BCUT2D eigenvalue weighted by atomic mass is 32.2. The van der Waals surface area contributed by atoms with Gasteiger partial charge in [-0.1, -0.05) is 50.8 Å². The molecule has 0 fully saturated rings. The Bertz CT molecular complexity index is 647. The Balaban J connectivity index is 0.00000139. The zero-order valence-electron chi connectivity index (χ0n) is 14.7. The summed E-state index contributed by atoms with van der Waals surface area (Å²) in [7, 11) is 1.72. The van der Waals surface area contributed by atoms with E-state index in [0.29, 0.717) is 18.2 Å². The Morgan fingerprint density at radius 3 is 2.88 bits per heavy atom. The van der Waals surface area contributed by atoms with Crippen LogP contribution in [-0.4, -0.2) is 24.7 Å². The summed E-state index contributed by atoms with van der Waals surface area (Å²) < 4.78 is 5.46. The van der Waals surface area contributed by atoms with Crippen molar-refractivity contribution >= 4 is 17.4 Å². The van der Waals surface area contributed by atoms with Crippen LogP contribution in [0, 0.1) is 17.2 Å². The van der Waals surface area contributed by atoms with Crippen molar-refractivity contribution in [1.82, 2.24) is 4.98 Å². The molecule has 0 amide bonds. The second-order valence-electron chi connectivity index (χ2n) is 4.94. The van der Waals surface area contributed by atoms with E-state index in [4.69, 9.17) is 10.00 Å². The molecule has 0 saturated carbocycles. The molecule has 2 atom stereocenters. The summed E-state index contributed by atoms with van der Waals surface area (Å²) in [5.41, 5.74) is 1.12. The van der Waals surface area contributed by atoms with Crippen molar-refractivity contribution < 1.29 is 4.74 Å². The molecule has 0 saturated heterocycles. The van der Waals surface area contributed by atoms with E-state index in [1.165, 1.54) is 0 Å². The zero-order chi connectivity index (χ0) is 17.9. The van der Waals surface area contributed by atoms with Crippen LogP contribution < -0.4 is 5.32 Å². The topological polar surface area (TPSA) is 57.9 Å². The maximum Gasteiger partial charge on any atom is 0.163 e. The molecule has 0 radical (unpaired) electrons. The Morgan fingerprint density at radius 1 is 1.50 bits per heavy atom. The van der Waals surface area contributed by atoms with Gasteiger partial charge in [-0.2, -0.15) is 5.26 Å². The standard InChI is InChI=1S/C17H19N3OS.C2H6/c1-4-7-19-15-8-14(11-20-16(15)10-18)22-13-6-5-12(2)17(9-13)21-3;1-2/h4-6,8-9,11-12,17,19H,1,7H2,2-3H3;1-2H3. The van der Waals surface area contributed by atoms with E-state index in [1.807, 2.05) is 19.9 Å². The molecule has 1 aliphatic rings. The molecule has 1 aromatic heterocycles. The van der Waals surface area contributed by atoms with Gasteiger partial charge < -0.3 is 10.1 Å². The largest absolute Gasteiger partial charge is 0.379 e. The maximum atomic E-state index is 9.10. The van der Waals surface area contributed by atoms with Gasteiger partial charge in [0.25, 0.3) is 0 Å². The number of pyridine rings is 1. The van der Waals surface area contributed by atoms with Crippen molar-refractivity contribution in [3.8, 4) is 6.07 Å². The number of hydrogen-bond donors (Lipinski definition) is 1. The fourth-order valence-electron chi connectivity index (χ4n) is 2.12. The summed E-state index contributed by atoms with van der Waals surface area (Å²) in [5.74, 6) is 0.373. The molecule has 2 rings (SSSR count). The van der Waals surface area contributed by atoms with Crippen LogP contribution in [0.2, 0.25) is 0 Å². The predicted molar refractivity (Wildman–Crippen MR) is 102 cm³/mol. The first-order chi connectivity index (χ1) is 11.7. The van der Waals surface area contributed by atoms with Gasteiger partial charge in [-0.15, -0.1) is 6.58 Å². The molecule has 0 bridgehead atoms. The summed E-state index contributed by atoms with van der Waals surface area (Å²) in [6.45, 7) is 10.4. The number of nitrogens with zero attached hydrogens (tertiary/aromatic N) is 2. The van der Waals surface area contributed by atoms with E-state index < -0.39 is 0 Å². The molecular weight excluding hydrogens is 318 g/mol. The number of nitriles is 1. The number of aromatic nitrogens is 1. The predicted octanol–water partition coefficient (Wildman–Crippen LogP) is 4.77. The van der Waals surface area contributed by atoms with Crippen LogP contribution in [0.25, 0.3) is 0 Å². The summed E-state index contributed by atoms with van der Waals surface area (Å²) in [6.07, 6.45) is 9.92. The first-order valence-corrected chi connectivity index (χ1v) is 8.85. The van der Waals surface area contributed by atoms with Gasteiger partial charge in [0.1, 0.15) is 6.07 Å². The van der Waals surface area contributed by atoms with Crippen molar-refractivity contribution in [2.75, 3.05) is 19.0 Å². The van der Waals surface area contributed by atoms with Gasteiger partial charge in [0.2, 0.25) is 0 Å². The molecule has 0 aliphatic heterocycles. The van der Waals surface area contributed by atoms with Crippen molar-refractivity contribution in [3.05, 3.63) is 53.7 Å². The fourth-order valence-corrected chi connectivity index (χ4v) is 3.02. The lowest BCUT2D eigenvalue weighted by atomic mass is 10.00. The third-order valence-electron chi connectivity index (χ3n) is 3.32. The summed E-state index contributed by atoms with van der Waals surface area (Å²) in [4.78, 5) is 6.30. The third kappa shape index (κ3) is 5.55. The number of anilines is 1. The number of rotatable bonds is 6. The molecule has 128 valence electrons. The lowest BCUT2D eigenvalue weighted by Gasteiger charge is -2.21. The SMILES string of the molecule is C=CCNc1cc(SC2=CC(OC)C(C)C=C2)cnc1C#N.CC. The van der Waals surface area contributed by atoms with Crippen molar-refractivity contribution in [2.45, 2.75) is 31.8 Å². The summed E-state index contributed by atoms with van der Waals surface area (Å²) >= 11 is 1.61. The van der Waals surface area contributed by atoms with E-state index in [0.717, 1.165) is 15.5 Å². The van der Waals surface area contributed by atoms with Gasteiger partial charge >= 0.3 is 0 Å². The van der Waals surface area contributed by atoms with Crippen molar-refractivity contribution in [2.24, 2.45) is 5.92 Å². The normalized spacial score (nSPS) is 18.7. The number of methoxy groups -OCH3 is 1. The fraction of sp³-hybridized carbons (Fsp3) is 0.368. The Labute approximate surface area is 149 Å². The zero-order valence-corrected chi connectivity index (χ0v) is 15.6. The number of thioether (sulfide) groups is 1. The summed E-state index contributed by atoms with van der Waals surface area (Å²) in [5, 5.41) is 12.2. The quantitative estimate of drug-likeness (QED) is 0.754. The lowest BCUT2D eigenvalue weighted by Crippen LogP contribution is -2.18. The van der Waals surface area contributed by atoms with E-state index >= 15 is 0 Å². The number of hydrogen-bond acceptors (Lipinski definition) is 5. The lowest BCUT2D eigenvalue weighted by molar-refractivity contribution is 0.111. The molecule has 2 unspecified atom stereocenters. The Hall–Kier alpha value is -2.03. The summed E-state index contributed by atoms with van der Waals surface area (Å²) in [6, 6.07) is 4.03. The maximum absolute atomic E-state index is 9.10. The monoisotopic (exact) mass is 343 g/mol. The van der Waals surface area contributed by atoms with E-state index in [2.05, 4.69) is 48.1 Å². The first-order valence-electron chi connectivity index (χ1n) is 8.03. The molecule has 1 aromatic rings. The van der Waals surface area contributed by atoms with Crippen LogP contribution in [0.4, 0.5) is 5.69 Å². The minimum absolute atomic E-state index is 0.0946. The second kappa shape index (κ2) is 10.7. The highest BCUT2D eigenvalue weighted by Gasteiger charge is 2.17. The molecule has 1 aliphatic carbocycles. The van der Waals surface area contributed by atoms with Crippen LogP contribution in [-0.2, 0) is 4.74 Å². The molecule has 0 spiro atoms. The highest BCUT2D eigenvalue weighted by Crippen LogP contribution is 2.33. The number of nitrogens with one attached hydrogen (secondary N) is 1. The van der Waals surface area contributed by atoms with Gasteiger partial charge in [-0.3, -0.25) is 0 Å². The molecule has 24 heavy (non-hydrogen) atoms. The van der Waals surface area contributed by atoms with Crippen molar-refractivity contribution in [1.29, 1.82) is 5.26 Å². The number of allylic oxidation sites excluding steroid dienone is 1. The van der Waals surface area contributed by atoms with Gasteiger partial charge in [0, 0.05) is 35.6 Å². The molecule has 1 N–H and O–H groups in total. The Kier molecular flexibility index (Phi) is 8.92. The minimum Gasteiger partial charge on any atom is -0.379 e. The highest BCUT2D eigenvalue weighted by molar-refractivity contribution is 8.03. The van der Waals surface area contributed by atoms with E-state index in [9.17, 15) is 0 Å². The van der Waals surface area contributed by atoms with Crippen LogP contribution in [0.15, 0.2) is 52.9 Å². The molecule has 1 heterocycles. The second-order valence-corrected chi connectivity index (χ2v) is 6.09. The van der Waals surface area contributed by atoms with Gasteiger partial charge in [-0.25, -0.2) is 4.98 Å². The van der Waals surface area contributed by atoms with E-state index in [1.54, 1.807) is 31.1 Å². The third-order valence-corrected chi connectivity index (χ3v) is 4.29. The minimum atomic E-state index is 0.0946. The molecule has 0 aromatic carbocycles. The first kappa shape index (κ1) is 20.0. The van der Waals surface area contributed by atoms with Crippen molar-refractivity contribution in [3.63, 3.8) is 0 Å². The molecule has 5 heteroatoms. The van der Waals surface area contributed by atoms with E-state index in [-0.39, 0.29) is 6.10 Å². The van der Waals surface area contributed by atoms with Gasteiger partial charge in [0.15, 0.2) is 5.69 Å². The average molecular weight is 343 g/mol. The molecule has 4 nitrogen and oxygen atoms in total. The smallest absolute Gasteiger partial charge is 0.163 e. The van der Waals surface area contributed by atoms with Crippen LogP contribution in [0.5, 0.6) is 0 Å². The van der Waals surface area contributed by atoms with Gasteiger partial charge in [0.05, 0.1) is 11.8 Å². The van der Waals surface area contributed by atoms with Crippen LogP contribution in [0.1, 0.15) is 26.5 Å². The van der Waals surface area contributed by atoms with Crippen LogP contribution >= 0.6 is 11.8 Å². The molecular formula is C19H25N3OS. The Morgan fingerprint density at radius 2 is 2.25 bits per heavy atom. The average Bonchev–Trinajstić information content (AvgIpc) is 2.63. The van der Waals surface area contributed by atoms with Crippen LogP contribution in [0.3, 0.4) is 0 Å². The number of ether oxygens (including phenoxy) is 1. The van der Waals surface area contributed by atoms with Gasteiger partial charge in [-0.05, 0) is 12.1 Å².